The molecule has 0 radical (unpaired) electrons. The summed E-state index contributed by atoms with van der Waals surface area (Å²) < 4.78 is 71.1. The number of aromatic nitrogens is 2. The molecule has 1 atom stereocenters. The molecule has 1 aliphatic heterocycles. The number of alkyl halides is 3. The summed E-state index contributed by atoms with van der Waals surface area (Å²) in [5, 5.41) is 8.68. The molecule has 4 nitrogen and oxygen atoms in total. The highest BCUT2D eigenvalue weighted by atomic mass is 35.5. The van der Waals surface area contributed by atoms with Gasteiger partial charge < -0.3 is 9.67 Å². The van der Waals surface area contributed by atoms with E-state index in [1.807, 2.05) is 0 Å². The number of halogens is 6. The van der Waals surface area contributed by atoms with Crippen LogP contribution in [0.5, 0.6) is 0 Å². The molecule has 30 heavy (non-hydrogen) atoms. The molecule has 0 spiro atoms. The molecule has 1 aromatic heterocycles. The van der Waals surface area contributed by atoms with Crippen LogP contribution in [-0.4, -0.2) is 20.4 Å². The van der Waals surface area contributed by atoms with Crippen molar-refractivity contribution in [2.75, 3.05) is 0 Å². The van der Waals surface area contributed by atoms with Crippen molar-refractivity contribution in [3.63, 3.8) is 0 Å². The zero-order chi connectivity index (χ0) is 21.8. The maximum absolute atomic E-state index is 14.6. The second-order valence-electron chi connectivity index (χ2n) is 6.69. The molecule has 4 rings (SSSR count). The maximum Gasteiger partial charge on any atom is 0.417 e. The molecular weight excluding hydrogens is 429 g/mol. The summed E-state index contributed by atoms with van der Waals surface area (Å²) in [7, 11) is 0. The number of hydrogen-bond acceptors (Lipinski definition) is 3. The molecule has 2 aromatic carbocycles. The van der Waals surface area contributed by atoms with E-state index in [9.17, 15) is 27.1 Å². The molecular formula is C20H13ClF5N3O. The van der Waals surface area contributed by atoms with Crippen molar-refractivity contribution in [1.29, 1.82) is 0 Å². The van der Waals surface area contributed by atoms with Crippen LogP contribution < -0.4 is 0 Å². The minimum absolute atomic E-state index is 0.112. The highest BCUT2D eigenvalue weighted by molar-refractivity contribution is 6.37. The number of fused-ring (bicyclic) bond motifs is 3. The van der Waals surface area contributed by atoms with Crippen LogP contribution in [0.3, 0.4) is 0 Å². The van der Waals surface area contributed by atoms with E-state index in [4.69, 9.17) is 11.6 Å². The monoisotopic (exact) mass is 441 g/mol. The van der Waals surface area contributed by atoms with Crippen molar-refractivity contribution in [3.05, 3.63) is 81.4 Å². The Bertz CT molecular complexity index is 1170. The van der Waals surface area contributed by atoms with Gasteiger partial charge in [-0.2, -0.15) is 13.2 Å². The van der Waals surface area contributed by atoms with Crippen molar-refractivity contribution in [2.45, 2.75) is 25.7 Å². The largest absolute Gasteiger partial charge is 0.417 e. The average molecular weight is 442 g/mol. The Labute approximate surface area is 172 Å². The zero-order valence-corrected chi connectivity index (χ0v) is 16.1. The number of nitrogens with zero attached hydrogens (tertiary/aromatic N) is 3. The number of imidazole rings is 1. The lowest BCUT2D eigenvalue weighted by Gasteiger charge is -2.18. The molecule has 1 N–H and O–H groups in total. The number of aliphatic hydroxyl groups is 1. The van der Waals surface area contributed by atoms with Gasteiger partial charge in [-0.25, -0.2) is 13.8 Å². The Morgan fingerprint density at radius 3 is 2.37 bits per heavy atom. The predicted molar refractivity (Wildman–Crippen MR) is 99.9 cm³/mol. The number of aliphatic imine (C=N–C) groups is 1. The minimum atomic E-state index is -4.79. The first-order chi connectivity index (χ1) is 14.1. The molecule has 0 amide bonds. The number of benzene rings is 2. The minimum Gasteiger partial charge on any atom is -0.390 e. The fourth-order valence-electron chi connectivity index (χ4n) is 3.45. The summed E-state index contributed by atoms with van der Waals surface area (Å²) in [6.45, 7) is 1.16. The lowest BCUT2D eigenvalue weighted by molar-refractivity contribution is -0.137. The molecule has 3 aromatic rings. The normalized spacial score (nSPS) is 16.0. The molecule has 2 heterocycles. The SMILES string of the molecule is C[C@@H]1N=C(c2c(F)cccc2F)c2c(ccc(C(F)(F)F)c2Cl)-n2cc(CO)nc21. The van der Waals surface area contributed by atoms with Crippen molar-refractivity contribution < 1.29 is 27.1 Å². The van der Waals surface area contributed by atoms with Gasteiger partial charge in [-0.1, -0.05) is 17.7 Å². The summed E-state index contributed by atoms with van der Waals surface area (Å²) in [5.74, 6) is -1.70. The predicted octanol–water partition coefficient (Wildman–Crippen LogP) is 5.23. The van der Waals surface area contributed by atoms with E-state index in [0.29, 0.717) is 0 Å². The quantitative estimate of drug-likeness (QED) is 0.554. The van der Waals surface area contributed by atoms with E-state index in [1.54, 1.807) is 6.92 Å². The van der Waals surface area contributed by atoms with Crippen LogP contribution >= 0.6 is 11.6 Å². The highest BCUT2D eigenvalue weighted by Crippen LogP contribution is 2.42. The van der Waals surface area contributed by atoms with Crippen LogP contribution in [0.15, 0.2) is 41.5 Å². The number of aliphatic hydroxyl groups excluding tert-OH is 1. The van der Waals surface area contributed by atoms with Crippen LogP contribution in [0.25, 0.3) is 5.69 Å². The molecule has 0 fully saturated rings. The van der Waals surface area contributed by atoms with Crippen LogP contribution in [0, 0.1) is 11.6 Å². The fraction of sp³-hybridized carbons (Fsp3) is 0.200. The van der Waals surface area contributed by atoms with Gasteiger partial charge in [0, 0.05) is 11.8 Å². The second-order valence-corrected chi connectivity index (χ2v) is 7.07. The standard InChI is InChI=1S/C20H13ClF5N3O/c1-9-19-28-10(8-30)7-29(19)14-6-5-11(20(24,25)26)17(21)16(14)18(27-9)15-12(22)3-2-4-13(15)23/h2-7,9,30H,8H2,1H3/t9-/m0/s1. The lowest BCUT2D eigenvalue weighted by atomic mass is 9.97. The third-order valence-corrected chi connectivity index (χ3v) is 5.16. The Morgan fingerprint density at radius 1 is 1.10 bits per heavy atom. The van der Waals surface area contributed by atoms with Crippen molar-refractivity contribution in [2.24, 2.45) is 4.99 Å². The van der Waals surface area contributed by atoms with Crippen LogP contribution in [0.1, 0.15) is 41.2 Å². The second kappa shape index (κ2) is 7.17. The van der Waals surface area contributed by atoms with E-state index in [2.05, 4.69) is 9.98 Å². The Kier molecular flexibility index (Phi) is 4.90. The maximum atomic E-state index is 14.6. The van der Waals surface area contributed by atoms with Crippen molar-refractivity contribution >= 4 is 17.3 Å². The van der Waals surface area contributed by atoms with Gasteiger partial charge in [-0.3, -0.25) is 4.99 Å². The molecule has 0 bridgehead atoms. The van der Waals surface area contributed by atoms with E-state index >= 15 is 0 Å². The smallest absolute Gasteiger partial charge is 0.390 e. The van der Waals surface area contributed by atoms with Crippen LogP contribution in [0.2, 0.25) is 5.02 Å². The number of hydrogen-bond donors (Lipinski definition) is 1. The van der Waals surface area contributed by atoms with Crippen molar-refractivity contribution in [3.8, 4) is 5.69 Å². The van der Waals surface area contributed by atoms with E-state index in [1.165, 1.54) is 10.8 Å². The van der Waals surface area contributed by atoms with Crippen LogP contribution in [0.4, 0.5) is 22.0 Å². The Balaban J connectivity index is 2.13. The molecule has 10 heteroatoms. The van der Waals surface area contributed by atoms with Crippen LogP contribution in [-0.2, 0) is 12.8 Å². The molecule has 0 saturated carbocycles. The zero-order valence-electron chi connectivity index (χ0n) is 15.3. The van der Waals surface area contributed by atoms with E-state index in [0.717, 1.165) is 30.3 Å². The Hall–Kier alpha value is -2.78. The fourth-order valence-corrected chi connectivity index (χ4v) is 3.81. The third-order valence-electron chi connectivity index (χ3n) is 4.76. The van der Waals surface area contributed by atoms with Gasteiger partial charge >= 0.3 is 6.18 Å². The molecule has 0 unspecified atom stereocenters. The first-order valence-electron chi connectivity index (χ1n) is 8.75. The first-order valence-corrected chi connectivity index (χ1v) is 9.13. The lowest BCUT2D eigenvalue weighted by Crippen LogP contribution is -2.15. The van der Waals surface area contributed by atoms with Gasteiger partial charge in [-0.05, 0) is 31.2 Å². The summed E-state index contributed by atoms with van der Waals surface area (Å²) >= 11 is 6.16. The van der Waals surface area contributed by atoms with E-state index < -0.39 is 46.6 Å². The Morgan fingerprint density at radius 2 is 1.77 bits per heavy atom. The molecule has 0 saturated heterocycles. The highest BCUT2D eigenvalue weighted by Gasteiger charge is 2.38. The first kappa shape index (κ1) is 20.5. The van der Waals surface area contributed by atoms with Gasteiger partial charge in [0.25, 0.3) is 0 Å². The topological polar surface area (TPSA) is 50.4 Å². The summed E-state index contributed by atoms with van der Waals surface area (Å²) in [6, 6.07) is 4.25. The van der Waals surface area contributed by atoms with Crippen molar-refractivity contribution in [1.82, 2.24) is 9.55 Å². The summed E-state index contributed by atoms with van der Waals surface area (Å²) in [5.41, 5.74) is -2.00. The molecule has 1 aliphatic rings. The number of rotatable bonds is 2. The van der Waals surface area contributed by atoms with Gasteiger partial charge in [0.2, 0.25) is 0 Å². The van der Waals surface area contributed by atoms with Gasteiger partial charge in [0.1, 0.15) is 23.5 Å². The third kappa shape index (κ3) is 3.18. The van der Waals surface area contributed by atoms with Gasteiger partial charge in [0.05, 0.1) is 39.8 Å². The van der Waals surface area contributed by atoms with E-state index in [-0.39, 0.29) is 28.5 Å². The molecule has 0 aliphatic carbocycles. The van der Waals surface area contributed by atoms with Gasteiger partial charge in [0.15, 0.2) is 0 Å². The summed E-state index contributed by atoms with van der Waals surface area (Å²) in [6.07, 6.45) is -3.37. The average Bonchev–Trinajstić information content (AvgIpc) is 3.06. The summed E-state index contributed by atoms with van der Waals surface area (Å²) in [4.78, 5) is 8.54. The van der Waals surface area contributed by atoms with Gasteiger partial charge in [-0.15, -0.1) is 0 Å². The molecule has 156 valence electrons.